The maximum absolute atomic E-state index is 12.5. The number of carbonyl (C=O) groups excluding carboxylic acids is 3. The van der Waals surface area contributed by atoms with Gasteiger partial charge in [0.2, 0.25) is 5.78 Å². The van der Waals surface area contributed by atoms with Crippen molar-refractivity contribution in [2.45, 2.75) is 32.0 Å². The van der Waals surface area contributed by atoms with E-state index in [-0.39, 0.29) is 35.6 Å². The van der Waals surface area contributed by atoms with Gasteiger partial charge in [0.1, 0.15) is 6.10 Å². The molecule has 1 aliphatic heterocycles. The Bertz CT molecular complexity index is 665. The predicted octanol–water partition coefficient (Wildman–Crippen LogP) is 2.00. The zero-order valence-corrected chi connectivity index (χ0v) is 12.8. The molecule has 2 saturated carbocycles. The molecule has 23 heavy (non-hydrogen) atoms. The van der Waals surface area contributed by atoms with Crippen LogP contribution >= 0.6 is 0 Å². The Morgan fingerprint density at radius 1 is 1.22 bits per heavy atom. The maximum Gasteiger partial charge on any atom is 0.310 e. The number of ether oxygens (including phenoxy) is 2. The summed E-state index contributed by atoms with van der Waals surface area (Å²) in [7, 11) is 0. The van der Waals surface area contributed by atoms with Crippen molar-refractivity contribution in [3.05, 3.63) is 35.9 Å². The zero-order valence-electron chi connectivity index (χ0n) is 12.8. The molecule has 6 atom stereocenters. The van der Waals surface area contributed by atoms with Crippen LogP contribution in [-0.4, -0.2) is 29.9 Å². The van der Waals surface area contributed by atoms with Crippen LogP contribution < -0.4 is 0 Å². The van der Waals surface area contributed by atoms with Gasteiger partial charge in [-0.1, -0.05) is 30.3 Å². The number of hydrogen-bond donors (Lipinski definition) is 0. The lowest BCUT2D eigenvalue weighted by Gasteiger charge is -2.24. The van der Waals surface area contributed by atoms with Crippen molar-refractivity contribution in [3.63, 3.8) is 0 Å². The Morgan fingerprint density at radius 3 is 2.70 bits per heavy atom. The van der Waals surface area contributed by atoms with Crippen LogP contribution in [0, 0.1) is 23.7 Å². The third-order valence-electron chi connectivity index (χ3n) is 5.48. The molecule has 2 aliphatic carbocycles. The minimum Gasteiger partial charge on any atom is -0.462 e. The molecule has 1 aromatic carbocycles. The van der Waals surface area contributed by atoms with Crippen LogP contribution in [0.1, 0.15) is 30.1 Å². The van der Waals surface area contributed by atoms with E-state index in [4.69, 9.17) is 9.47 Å². The van der Waals surface area contributed by atoms with Crippen LogP contribution in [-0.2, 0) is 19.1 Å². The van der Waals surface area contributed by atoms with Gasteiger partial charge in [0.25, 0.3) is 0 Å². The second kappa shape index (κ2) is 5.18. The summed E-state index contributed by atoms with van der Waals surface area (Å²) in [5, 5.41) is 0. The number of hydrogen-bond acceptors (Lipinski definition) is 5. The number of fused-ring (bicyclic) bond motifs is 1. The molecule has 1 heterocycles. The largest absolute Gasteiger partial charge is 0.462 e. The van der Waals surface area contributed by atoms with Crippen LogP contribution in [0.25, 0.3) is 0 Å². The minimum absolute atomic E-state index is 0.00933. The third-order valence-corrected chi connectivity index (χ3v) is 5.48. The SMILES string of the molecule is C[C@H](OC(=O)[C@@H]1[C@@H]2C[C@@H]3[C@H]1C(=O)O[C@@H]3C2)C(=O)c1ccccc1. The molecule has 3 aliphatic rings. The number of benzene rings is 1. The number of ketones is 1. The van der Waals surface area contributed by atoms with E-state index in [0.717, 1.165) is 12.8 Å². The molecular weight excluding hydrogens is 296 g/mol. The maximum atomic E-state index is 12.5. The first-order valence-corrected chi connectivity index (χ1v) is 8.06. The van der Waals surface area contributed by atoms with Gasteiger partial charge in [-0.15, -0.1) is 0 Å². The van der Waals surface area contributed by atoms with Crippen LogP contribution in [0.4, 0.5) is 0 Å². The number of carbonyl (C=O) groups is 3. The van der Waals surface area contributed by atoms with Gasteiger partial charge in [-0.2, -0.15) is 0 Å². The molecule has 0 N–H and O–H groups in total. The molecule has 0 aromatic heterocycles. The molecular formula is C18H18O5. The third kappa shape index (κ3) is 2.18. The molecule has 3 fully saturated rings. The fourth-order valence-corrected chi connectivity index (χ4v) is 4.47. The summed E-state index contributed by atoms with van der Waals surface area (Å²) in [4.78, 5) is 36.8. The molecule has 1 saturated heterocycles. The average Bonchev–Trinajstić information content (AvgIpc) is 3.16. The lowest BCUT2D eigenvalue weighted by atomic mass is 9.80. The van der Waals surface area contributed by atoms with E-state index < -0.39 is 18.0 Å². The summed E-state index contributed by atoms with van der Waals surface area (Å²) in [5.74, 6) is -1.45. The topological polar surface area (TPSA) is 69.7 Å². The van der Waals surface area contributed by atoms with Gasteiger partial charge >= 0.3 is 11.9 Å². The lowest BCUT2D eigenvalue weighted by Crippen LogP contribution is -2.36. The van der Waals surface area contributed by atoms with Crippen LogP contribution in [0.5, 0.6) is 0 Å². The summed E-state index contributed by atoms with van der Waals surface area (Å²) >= 11 is 0. The Balaban J connectivity index is 1.46. The number of rotatable bonds is 4. The van der Waals surface area contributed by atoms with Crippen molar-refractivity contribution < 1.29 is 23.9 Å². The smallest absolute Gasteiger partial charge is 0.310 e. The van der Waals surface area contributed by atoms with Crippen LogP contribution in [0.3, 0.4) is 0 Å². The van der Waals surface area contributed by atoms with E-state index in [1.807, 2.05) is 6.07 Å². The molecule has 120 valence electrons. The van der Waals surface area contributed by atoms with Crippen molar-refractivity contribution in [3.8, 4) is 0 Å². The van der Waals surface area contributed by atoms with Crippen LogP contribution in [0.2, 0.25) is 0 Å². The van der Waals surface area contributed by atoms with Gasteiger partial charge in [-0.25, -0.2) is 0 Å². The number of esters is 2. The van der Waals surface area contributed by atoms with E-state index in [1.165, 1.54) is 0 Å². The van der Waals surface area contributed by atoms with Gasteiger partial charge in [0.05, 0.1) is 11.8 Å². The van der Waals surface area contributed by atoms with Crippen molar-refractivity contribution in [2.24, 2.45) is 23.7 Å². The standard InChI is InChI=1S/C18H18O5/c1-9(16(19)10-5-3-2-4-6-10)22-17(20)14-11-7-12-13(8-11)23-18(21)15(12)14/h2-6,9,11-15H,7-8H2,1H3/t9-,11+,12-,13+,14+,15+/m0/s1. The van der Waals surface area contributed by atoms with Crippen molar-refractivity contribution >= 4 is 17.7 Å². The minimum atomic E-state index is -0.850. The Hall–Kier alpha value is -2.17. The summed E-state index contributed by atoms with van der Waals surface area (Å²) in [5.41, 5.74) is 0.515. The molecule has 5 nitrogen and oxygen atoms in total. The van der Waals surface area contributed by atoms with Crippen molar-refractivity contribution in [1.29, 1.82) is 0 Å². The van der Waals surface area contributed by atoms with Gasteiger partial charge in [-0.05, 0) is 25.7 Å². The van der Waals surface area contributed by atoms with E-state index in [2.05, 4.69) is 0 Å². The van der Waals surface area contributed by atoms with Crippen LogP contribution in [0.15, 0.2) is 30.3 Å². The Kier molecular flexibility index (Phi) is 3.25. The highest BCUT2D eigenvalue weighted by atomic mass is 16.6. The highest BCUT2D eigenvalue weighted by Crippen LogP contribution is 2.57. The summed E-state index contributed by atoms with van der Waals surface area (Å²) < 4.78 is 10.7. The second-order valence-corrected chi connectivity index (χ2v) is 6.73. The molecule has 0 unspecified atom stereocenters. The lowest BCUT2D eigenvalue weighted by molar-refractivity contribution is -0.157. The molecule has 2 bridgehead atoms. The quantitative estimate of drug-likeness (QED) is 0.628. The highest BCUT2D eigenvalue weighted by Gasteiger charge is 2.64. The fourth-order valence-electron chi connectivity index (χ4n) is 4.47. The van der Waals surface area contributed by atoms with Gasteiger partial charge in [-0.3, -0.25) is 14.4 Å². The molecule has 0 spiro atoms. The second-order valence-electron chi connectivity index (χ2n) is 6.73. The molecule has 0 amide bonds. The van der Waals surface area contributed by atoms with Gasteiger partial charge in [0.15, 0.2) is 6.10 Å². The highest BCUT2D eigenvalue weighted by molar-refractivity contribution is 6.00. The summed E-state index contributed by atoms with van der Waals surface area (Å²) in [6.07, 6.45) is 0.734. The molecule has 0 radical (unpaired) electrons. The normalized spacial score (nSPS) is 35.0. The van der Waals surface area contributed by atoms with E-state index in [1.54, 1.807) is 31.2 Å². The Morgan fingerprint density at radius 2 is 1.96 bits per heavy atom. The van der Waals surface area contributed by atoms with E-state index in [0.29, 0.717) is 5.56 Å². The van der Waals surface area contributed by atoms with Crippen molar-refractivity contribution in [2.75, 3.05) is 0 Å². The number of Topliss-reactive ketones (excluding diaryl/α,β-unsaturated/α-hetero) is 1. The summed E-state index contributed by atoms with van der Waals surface area (Å²) in [6.45, 7) is 1.58. The first kappa shape index (κ1) is 14.4. The van der Waals surface area contributed by atoms with E-state index in [9.17, 15) is 14.4 Å². The molecule has 5 heteroatoms. The Labute approximate surface area is 134 Å². The zero-order chi connectivity index (χ0) is 16.1. The first-order chi connectivity index (χ1) is 11.1. The fraction of sp³-hybridized carbons (Fsp3) is 0.500. The first-order valence-electron chi connectivity index (χ1n) is 8.06. The predicted molar refractivity (Wildman–Crippen MR) is 79.4 cm³/mol. The van der Waals surface area contributed by atoms with Gasteiger partial charge in [0, 0.05) is 11.5 Å². The monoisotopic (exact) mass is 314 g/mol. The molecule has 1 aromatic rings. The average molecular weight is 314 g/mol. The van der Waals surface area contributed by atoms with Gasteiger partial charge < -0.3 is 9.47 Å². The van der Waals surface area contributed by atoms with E-state index >= 15 is 0 Å². The van der Waals surface area contributed by atoms with Crippen molar-refractivity contribution in [1.82, 2.24) is 0 Å². The summed E-state index contributed by atoms with van der Waals surface area (Å²) in [6, 6.07) is 8.76. The molecule has 4 rings (SSSR count).